The standard InChI is InChI=1S/C16H25ClN2/c1-11-7-12(2)10-19(9-11)14-5-6-15(13(3)18-4)16(17)8-14/h5-6,8,11-13,18H,7,9-10H2,1-4H3. The molecule has 1 saturated heterocycles. The van der Waals surface area contributed by atoms with Crippen LogP contribution in [-0.2, 0) is 0 Å². The molecule has 1 N–H and O–H groups in total. The number of piperidine rings is 1. The number of anilines is 1. The average Bonchev–Trinajstić information content (AvgIpc) is 2.36. The van der Waals surface area contributed by atoms with Crippen molar-refractivity contribution in [3.8, 4) is 0 Å². The smallest absolute Gasteiger partial charge is 0.0474 e. The van der Waals surface area contributed by atoms with Gasteiger partial charge in [-0.3, -0.25) is 0 Å². The van der Waals surface area contributed by atoms with Gasteiger partial charge < -0.3 is 10.2 Å². The minimum Gasteiger partial charge on any atom is -0.371 e. The number of hydrogen-bond donors (Lipinski definition) is 1. The Balaban J connectivity index is 2.19. The first kappa shape index (κ1) is 14.7. The van der Waals surface area contributed by atoms with Gasteiger partial charge in [0.25, 0.3) is 0 Å². The van der Waals surface area contributed by atoms with Gasteiger partial charge in [0.2, 0.25) is 0 Å². The Hall–Kier alpha value is -0.730. The van der Waals surface area contributed by atoms with E-state index in [9.17, 15) is 0 Å². The second-order valence-electron chi connectivity index (χ2n) is 6.07. The van der Waals surface area contributed by atoms with Crippen LogP contribution < -0.4 is 10.2 Å². The van der Waals surface area contributed by atoms with E-state index in [1.54, 1.807) is 0 Å². The highest BCUT2D eigenvalue weighted by molar-refractivity contribution is 6.31. The Morgan fingerprint density at radius 1 is 1.26 bits per heavy atom. The molecule has 1 heterocycles. The van der Waals surface area contributed by atoms with Crippen molar-refractivity contribution < 1.29 is 0 Å². The molecule has 0 spiro atoms. The lowest BCUT2D eigenvalue weighted by molar-refractivity contribution is 0.357. The number of hydrogen-bond acceptors (Lipinski definition) is 2. The fraction of sp³-hybridized carbons (Fsp3) is 0.625. The molecule has 1 aromatic rings. The number of rotatable bonds is 3. The van der Waals surface area contributed by atoms with E-state index in [1.165, 1.54) is 17.7 Å². The summed E-state index contributed by atoms with van der Waals surface area (Å²) in [6.07, 6.45) is 1.33. The van der Waals surface area contributed by atoms with Gasteiger partial charge in [0.15, 0.2) is 0 Å². The van der Waals surface area contributed by atoms with Gasteiger partial charge in [-0.1, -0.05) is 31.5 Å². The second kappa shape index (κ2) is 6.15. The third-order valence-corrected chi connectivity index (χ3v) is 4.44. The zero-order chi connectivity index (χ0) is 14.0. The molecule has 106 valence electrons. The maximum atomic E-state index is 6.43. The number of halogens is 1. The molecule has 2 nitrogen and oxygen atoms in total. The van der Waals surface area contributed by atoms with Crippen LogP contribution in [0.25, 0.3) is 0 Å². The molecular formula is C16H25ClN2. The van der Waals surface area contributed by atoms with Gasteiger partial charge in [-0.2, -0.15) is 0 Å². The van der Waals surface area contributed by atoms with E-state index >= 15 is 0 Å². The number of nitrogens with one attached hydrogen (secondary N) is 1. The lowest BCUT2D eigenvalue weighted by Gasteiger charge is -2.37. The van der Waals surface area contributed by atoms with Gasteiger partial charge in [0.05, 0.1) is 0 Å². The first-order valence-corrected chi connectivity index (χ1v) is 7.60. The van der Waals surface area contributed by atoms with Crippen LogP contribution in [0, 0.1) is 11.8 Å². The van der Waals surface area contributed by atoms with E-state index in [1.807, 2.05) is 7.05 Å². The van der Waals surface area contributed by atoms with Crippen molar-refractivity contribution in [3.05, 3.63) is 28.8 Å². The van der Waals surface area contributed by atoms with Crippen molar-refractivity contribution in [2.45, 2.75) is 33.2 Å². The fourth-order valence-corrected chi connectivity index (χ4v) is 3.43. The predicted octanol–water partition coefficient (Wildman–Crippen LogP) is 4.10. The molecule has 0 radical (unpaired) electrons. The number of nitrogens with zero attached hydrogens (tertiary/aromatic N) is 1. The minimum atomic E-state index is 0.292. The normalized spacial score (nSPS) is 25.4. The second-order valence-corrected chi connectivity index (χ2v) is 6.47. The van der Waals surface area contributed by atoms with Gasteiger partial charge in [-0.25, -0.2) is 0 Å². The van der Waals surface area contributed by atoms with E-state index in [-0.39, 0.29) is 0 Å². The summed E-state index contributed by atoms with van der Waals surface area (Å²) in [6, 6.07) is 6.78. The summed E-state index contributed by atoms with van der Waals surface area (Å²) in [5, 5.41) is 4.10. The number of benzene rings is 1. The molecule has 0 aliphatic carbocycles. The van der Waals surface area contributed by atoms with E-state index < -0.39 is 0 Å². The average molecular weight is 281 g/mol. The molecule has 1 aromatic carbocycles. The molecule has 3 heteroatoms. The van der Waals surface area contributed by atoms with Crippen LogP contribution >= 0.6 is 11.6 Å². The van der Waals surface area contributed by atoms with Crippen LogP contribution in [0.2, 0.25) is 5.02 Å². The van der Waals surface area contributed by atoms with Crippen molar-refractivity contribution in [1.29, 1.82) is 0 Å². The third-order valence-electron chi connectivity index (χ3n) is 4.12. The Labute approximate surface area is 122 Å². The van der Waals surface area contributed by atoms with Gasteiger partial charge in [-0.05, 0) is 49.9 Å². The highest BCUT2D eigenvalue weighted by Gasteiger charge is 2.22. The zero-order valence-electron chi connectivity index (χ0n) is 12.4. The molecule has 1 fully saturated rings. The summed E-state index contributed by atoms with van der Waals surface area (Å²) in [7, 11) is 1.96. The van der Waals surface area contributed by atoms with Crippen LogP contribution in [0.4, 0.5) is 5.69 Å². The summed E-state index contributed by atoms with van der Waals surface area (Å²) in [5.74, 6) is 1.52. The Bertz CT molecular complexity index is 423. The summed E-state index contributed by atoms with van der Waals surface area (Å²) in [5.41, 5.74) is 2.43. The van der Waals surface area contributed by atoms with Crippen LogP contribution in [0.1, 0.15) is 38.8 Å². The zero-order valence-corrected chi connectivity index (χ0v) is 13.2. The molecular weight excluding hydrogens is 256 g/mol. The lowest BCUT2D eigenvalue weighted by atomic mass is 9.91. The SMILES string of the molecule is CNC(C)c1ccc(N2CC(C)CC(C)C2)cc1Cl. The molecule has 0 bridgehead atoms. The molecule has 0 aromatic heterocycles. The van der Waals surface area contributed by atoms with Gasteiger partial charge in [0.1, 0.15) is 0 Å². The largest absolute Gasteiger partial charge is 0.371 e. The summed E-state index contributed by atoms with van der Waals surface area (Å²) >= 11 is 6.43. The summed E-state index contributed by atoms with van der Waals surface area (Å²) < 4.78 is 0. The van der Waals surface area contributed by atoms with Gasteiger partial charge in [0, 0.05) is 29.8 Å². The van der Waals surface area contributed by atoms with Gasteiger partial charge >= 0.3 is 0 Å². The molecule has 19 heavy (non-hydrogen) atoms. The summed E-state index contributed by atoms with van der Waals surface area (Å²) in [4.78, 5) is 2.47. The van der Waals surface area contributed by atoms with E-state index in [0.717, 1.165) is 29.9 Å². The highest BCUT2D eigenvalue weighted by atomic mass is 35.5. The fourth-order valence-electron chi connectivity index (χ4n) is 3.09. The maximum Gasteiger partial charge on any atom is 0.0474 e. The molecule has 0 saturated carbocycles. The molecule has 1 aliphatic heterocycles. The van der Waals surface area contributed by atoms with Crippen LogP contribution in [0.3, 0.4) is 0 Å². The predicted molar refractivity (Wildman–Crippen MR) is 84.1 cm³/mol. The Morgan fingerprint density at radius 2 is 1.89 bits per heavy atom. The van der Waals surface area contributed by atoms with E-state index in [4.69, 9.17) is 11.6 Å². The topological polar surface area (TPSA) is 15.3 Å². The molecule has 1 aliphatic rings. The van der Waals surface area contributed by atoms with Crippen molar-refractivity contribution in [2.24, 2.45) is 11.8 Å². The third kappa shape index (κ3) is 3.43. The van der Waals surface area contributed by atoms with Crippen LogP contribution in [0.5, 0.6) is 0 Å². The first-order chi connectivity index (χ1) is 9.01. The molecule has 0 amide bonds. The summed E-state index contributed by atoms with van der Waals surface area (Å²) in [6.45, 7) is 9.08. The molecule has 3 unspecified atom stereocenters. The first-order valence-electron chi connectivity index (χ1n) is 7.23. The quantitative estimate of drug-likeness (QED) is 0.897. The Morgan fingerprint density at radius 3 is 2.42 bits per heavy atom. The van der Waals surface area contributed by atoms with Crippen molar-refractivity contribution in [2.75, 3.05) is 25.0 Å². The Kier molecular flexibility index (Phi) is 4.75. The molecule has 2 rings (SSSR count). The minimum absolute atomic E-state index is 0.292. The van der Waals surface area contributed by atoms with E-state index in [0.29, 0.717) is 6.04 Å². The van der Waals surface area contributed by atoms with Crippen molar-refractivity contribution in [1.82, 2.24) is 5.32 Å². The van der Waals surface area contributed by atoms with Crippen LogP contribution in [0.15, 0.2) is 18.2 Å². The highest BCUT2D eigenvalue weighted by Crippen LogP contribution is 2.31. The van der Waals surface area contributed by atoms with Crippen molar-refractivity contribution >= 4 is 17.3 Å². The lowest BCUT2D eigenvalue weighted by Crippen LogP contribution is -2.38. The van der Waals surface area contributed by atoms with Crippen molar-refractivity contribution in [3.63, 3.8) is 0 Å². The maximum absolute atomic E-state index is 6.43. The van der Waals surface area contributed by atoms with E-state index in [2.05, 4.69) is 49.2 Å². The van der Waals surface area contributed by atoms with Crippen LogP contribution in [-0.4, -0.2) is 20.1 Å². The molecule has 3 atom stereocenters. The van der Waals surface area contributed by atoms with Gasteiger partial charge in [-0.15, -0.1) is 0 Å². The monoisotopic (exact) mass is 280 g/mol.